The normalized spacial score (nSPS) is 10.3. The lowest BCUT2D eigenvalue weighted by atomic mass is 10.1. The summed E-state index contributed by atoms with van der Waals surface area (Å²) in [5.74, 6) is 0. The third-order valence-electron chi connectivity index (χ3n) is 1.97. The molecule has 0 bridgehead atoms. The van der Waals surface area contributed by atoms with Crippen LogP contribution >= 0.6 is 34.5 Å². The van der Waals surface area contributed by atoms with Gasteiger partial charge in [-0.05, 0) is 18.2 Å². The smallest absolute Gasteiger partial charge is 0.150 e. The minimum absolute atomic E-state index is 0.568. The topological polar surface area (TPSA) is 17.1 Å². The summed E-state index contributed by atoms with van der Waals surface area (Å²) < 4.78 is 0.723. The number of rotatable bonds is 2. The van der Waals surface area contributed by atoms with Gasteiger partial charge in [-0.2, -0.15) is 0 Å². The van der Waals surface area contributed by atoms with E-state index < -0.39 is 0 Å². The molecule has 0 N–H and O–H groups in total. The molecule has 1 aromatic carbocycles. The van der Waals surface area contributed by atoms with E-state index >= 15 is 0 Å². The molecule has 0 amide bonds. The predicted molar refractivity (Wildman–Crippen MR) is 65.2 cm³/mol. The first-order valence-electron chi connectivity index (χ1n) is 4.21. The molecule has 0 atom stereocenters. The molecule has 2 rings (SSSR count). The maximum atomic E-state index is 10.5. The summed E-state index contributed by atoms with van der Waals surface area (Å²) in [5, 5.41) is 0.568. The number of benzene rings is 1. The summed E-state index contributed by atoms with van der Waals surface area (Å²) in [6.45, 7) is 0. The van der Waals surface area contributed by atoms with Gasteiger partial charge in [-0.1, -0.05) is 35.3 Å². The van der Waals surface area contributed by atoms with Crippen LogP contribution in [0.15, 0.2) is 30.3 Å². The molecule has 0 aliphatic heterocycles. The van der Waals surface area contributed by atoms with Gasteiger partial charge >= 0.3 is 0 Å². The van der Waals surface area contributed by atoms with Crippen LogP contribution in [0.3, 0.4) is 0 Å². The van der Waals surface area contributed by atoms with E-state index in [0.717, 1.165) is 21.1 Å². The lowest BCUT2D eigenvalue weighted by molar-refractivity contribution is 0.112. The summed E-state index contributed by atoms with van der Waals surface area (Å²) in [6, 6.07) is 8.95. The van der Waals surface area contributed by atoms with Crippen molar-refractivity contribution in [1.82, 2.24) is 0 Å². The van der Waals surface area contributed by atoms with Crippen LogP contribution in [-0.2, 0) is 0 Å². The van der Waals surface area contributed by atoms with Crippen molar-refractivity contribution >= 4 is 40.8 Å². The van der Waals surface area contributed by atoms with Gasteiger partial charge in [0.25, 0.3) is 0 Å². The second kappa shape index (κ2) is 4.35. The molecule has 0 fully saturated rings. The van der Waals surface area contributed by atoms with Crippen LogP contribution < -0.4 is 0 Å². The van der Waals surface area contributed by atoms with E-state index in [2.05, 4.69) is 0 Å². The standard InChI is InChI=1S/C11H6Cl2OS/c12-9-5-7(6-14)1-2-8(9)10-3-4-11(13)15-10/h1-6H. The van der Waals surface area contributed by atoms with E-state index in [1.54, 1.807) is 12.1 Å². The Labute approximate surface area is 101 Å². The molecule has 1 heterocycles. The Morgan fingerprint density at radius 1 is 1.13 bits per heavy atom. The van der Waals surface area contributed by atoms with Crippen molar-refractivity contribution < 1.29 is 4.79 Å². The maximum Gasteiger partial charge on any atom is 0.150 e. The van der Waals surface area contributed by atoms with E-state index in [0.29, 0.717) is 10.6 Å². The van der Waals surface area contributed by atoms with Gasteiger partial charge in [0.05, 0.1) is 4.34 Å². The van der Waals surface area contributed by atoms with Crippen LogP contribution in [0.25, 0.3) is 10.4 Å². The van der Waals surface area contributed by atoms with Crippen LogP contribution in [0, 0.1) is 0 Å². The van der Waals surface area contributed by atoms with E-state index in [9.17, 15) is 4.79 Å². The lowest BCUT2D eigenvalue weighted by Crippen LogP contribution is -1.81. The van der Waals surface area contributed by atoms with Crippen molar-refractivity contribution in [3.8, 4) is 10.4 Å². The summed E-state index contributed by atoms with van der Waals surface area (Å²) in [7, 11) is 0. The molecule has 15 heavy (non-hydrogen) atoms. The van der Waals surface area contributed by atoms with E-state index in [-0.39, 0.29) is 0 Å². The molecular weight excluding hydrogens is 251 g/mol. The van der Waals surface area contributed by atoms with Crippen LogP contribution in [0.2, 0.25) is 9.36 Å². The Balaban J connectivity index is 2.49. The van der Waals surface area contributed by atoms with Gasteiger partial charge in [0, 0.05) is 21.0 Å². The Morgan fingerprint density at radius 2 is 1.93 bits per heavy atom. The predicted octanol–water partition coefficient (Wildman–Crippen LogP) is 4.53. The maximum absolute atomic E-state index is 10.5. The van der Waals surface area contributed by atoms with Gasteiger partial charge in [0.15, 0.2) is 0 Å². The molecule has 0 saturated carbocycles. The van der Waals surface area contributed by atoms with E-state index in [1.165, 1.54) is 11.3 Å². The van der Waals surface area contributed by atoms with Gasteiger partial charge in [-0.25, -0.2) is 0 Å². The fourth-order valence-electron chi connectivity index (χ4n) is 1.26. The molecule has 0 saturated heterocycles. The first-order valence-corrected chi connectivity index (χ1v) is 5.78. The van der Waals surface area contributed by atoms with Crippen LogP contribution in [0.1, 0.15) is 10.4 Å². The summed E-state index contributed by atoms with van der Waals surface area (Å²) in [4.78, 5) is 11.5. The molecule has 0 unspecified atom stereocenters. The van der Waals surface area contributed by atoms with Crippen molar-refractivity contribution in [2.45, 2.75) is 0 Å². The number of carbonyl (C=O) groups is 1. The van der Waals surface area contributed by atoms with Gasteiger partial charge in [0.1, 0.15) is 6.29 Å². The van der Waals surface area contributed by atoms with Crippen molar-refractivity contribution in [3.63, 3.8) is 0 Å². The Bertz CT molecular complexity index is 505. The minimum atomic E-state index is 0.568. The molecule has 2 aromatic rings. The number of aldehydes is 1. The quantitative estimate of drug-likeness (QED) is 0.722. The SMILES string of the molecule is O=Cc1ccc(-c2ccc(Cl)s2)c(Cl)c1. The zero-order chi connectivity index (χ0) is 10.8. The Kier molecular flexibility index (Phi) is 3.10. The highest BCUT2D eigenvalue weighted by Crippen LogP contribution is 2.35. The molecule has 0 aliphatic carbocycles. The van der Waals surface area contributed by atoms with E-state index in [1.807, 2.05) is 18.2 Å². The van der Waals surface area contributed by atoms with E-state index in [4.69, 9.17) is 23.2 Å². The molecule has 1 nitrogen and oxygen atoms in total. The average Bonchev–Trinajstić information content (AvgIpc) is 2.64. The minimum Gasteiger partial charge on any atom is -0.298 e. The molecule has 0 spiro atoms. The number of halogens is 2. The first-order chi connectivity index (χ1) is 7.20. The third kappa shape index (κ3) is 2.23. The summed E-state index contributed by atoms with van der Waals surface area (Å²) in [6.07, 6.45) is 0.775. The summed E-state index contributed by atoms with van der Waals surface area (Å²) in [5.41, 5.74) is 1.48. The van der Waals surface area contributed by atoms with Crippen LogP contribution in [0.4, 0.5) is 0 Å². The highest BCUT2D eigenvalue weighted by Gasteiger charge is 2.06. The van der Waals surface area contributed by atoms with Crippen molar-refractivity contribution in [3.05, 3.63) is 45.3 Å². The van der Waals surface area contributed by atoms with Gasteiger partial charge in [-0.3, -0.25) is 4.79 Å². The first kappa shape index (κ1) is 10.7. The largest absolute Gasteiger partial charge is 0.298 e. The van der Waals surface area contributed by atoms with Crippen LogP contribution in [0.5, 0.6) is 0 Å². The number of carbonyl (C=O) groups excluding carboxylic acids is 1. The van der Waals surface area contributed by atoms with Gasteiger partial charge in [0.2, 0.25) is 0 Å². The fourth-order valence-corrected chi connectivity index (χ4v) is 2.69. The highest BCUT2D eigenvalue weighted by atomic mass is 35.5. The molecule has 0 radical (unpaired) electrons. The van der Waals surface area contributed by atoms with Gasteiger partial charge in [-0.15, -0.1) is 11.3 Å². The van der Waals surface area contributed by atoms with Crippen LogP contribution in [-0.4, -0.2) is 6.29 Å². The molecule has 0 aliphatic rings. The second-order valence-corrected chi connectivity index (χ2v) is 5.08. The second-order valence-electron chi connectivity index (χ2n) is 2.96. The number of hydrogen-bond donors (Lipinski definition) is 0. The average molecular weight is 257 g/mol. The number of hydrogen-bond acceptors (Lipinski definition) is 2. The molecule has 4 heteroatoms. The fraction of sp³-hybridized carbons (Fsp3) is 0. The Hall–Kier alpha value is -0.830. The lowest BCUT2D eigenvalue weighted by Gasteiger charge is -2.01. The molecule has 1 aromatic heterocycles. The zero-order valence-corrected chi connectivity index (χ0v) is 9.86. The van der Waals surface area contributed by atoms with Gasteiger partial charge < -0.3 is 0 Å². The zero-order valence-electron chi connectivity index (χ0n) is 7.54. The Morgan fingerprint density at radius 3 is 2.47 bits per heavy atom. The van der Waals surface area contributed by atoms with Crippen molar-refractivity contribution in [1.29, 1.82) is 0 Å². The molecule has 76 valence electrons. The van der Waals surface area contributed by atoms with Crippen molar-refractivity contribution in [2.24, 2.45) is 0 Å². The van der Waals surface area contributed by atoms with Crippen molar-refractivity contribution in [2.75, 3.05) is 0 Å². The monoisotopic (exact) mass is 256 g/mol. The number of thiophene rings is 1. The summed E-state index contributed by atoms with van der Waals surface area (Å²) >= 11 is 13.4. The third-order valence-corrected chi connectivity index (χ3v) is 3.55. The molecular formula is C11H6Cl2OS. The highest BCUT2D eigenvalue weighted by molar-refractivity contribution is 7.19.